The third kappa shape index (κ3) is 12.7. The predicted molar refractivity (Wildman–Crippen MR) is 175 cm³/mol. The van der Waals surface area contributed by atoms with Crippen molar-refractivity contribution in [3.63, 3.8) is 0 Å². The first-order valence-electron chi connectivity index (χ1n) is 16.3. The van der Waals surface area contributed by atoms with Gasteiger partial charge in [-0.25, -0.2) is 8.78 Å². The maximum absolute atomic E-state index is 14.8. The van der Waals surface area contributed by atoms with Gasteiger partial charge < -0.3 is 0 Å². The Morgan fingerprint density at radius 1 is 0.429 bits per heavy atom. The lowest BCUT2D eigenvalue weighted by Crippen LogP contribution is -1.93. The van der Waals surface area contributed by atoms with Gasteiger partial charge in [-0.1, -0.05) is 139 Å². The van der Waals surface area contributed by atoms with E-state index in [-0.39, 0.29) is 5.56 Å². The molecule has 0 nitrogen and oxygen atoms in total. The average molecular weight is 567 g/mol. The highest BCUT2D eigenvalue weighted by atomic mass is 19.1. The maximum Gasteiger partial charge on any atom is 0.143 e. The molecule has 2 heteroatoms. The fourth-order valence-electron chi connectivity index (χ4n) is 5.13. The number of benzene rings is 3. The van der Waals surface area contributed by atoms with Gasteiger partial charge >= 0.3 is 0 Å². The molecular formula is C40H48F2. The van der Waals surface area contributed by atoms with E-state index in [1.165, 1.54) is 113 Å². The molecule has 0 aliphatic heterocycles. The van der Waals surface area contributed by atoms with Crippen LogP contribution in [-0.2, 0) is 12.8 Å². The van der Waals surface area contributed by atoms with Gasteiger partial charge in [0, 0.05) is 16.7 Å². The molecule has 0 aliphatic rings. The minimum atomic E-state index is -0.688. The Hall–Kier alpha value is -3.36. The molecule has 3 rings (SSSR count). The van der Waals surface area contributed by atoms with Crippen molar-refractivity contribution in [1.29, 1.82) is 0 Å². The monoisotopic (exact) mass is 566 g/mol. The van der Waals surface area contributed by atoms with Gasteiger partial charge in [-0.05, 0) is 73.2 Å². The van der Waals surface area contributed by atoms with Gasteiger partial charge in [0.2, 0.25) is 0 Å². The zero-order valence-corrected chi connectivity index (χ0v) is 25.8. The maximum atomic E-state index is 14.8. The van der Waals surface area contributed by atoms with Crippen LogP contribution in [0.4, 0.5) is 8.78 Å². The molecule has 0 aromatic heterocycles. The molecule has 0 aliphatic carbocycles. The molecule has 0 fully saturated rings. The molecule has 0 unspecified atom stereocenters. The summed E-state index contributed by atoms with van der Waals surface area (Å²) in [5.41, 5.74) is 4.24. The second-order valence-electron chi connectivity index (χ2n) is 11.5. The summed E-state index contributed by atoms with van der Waals surface area (Å²) in [6.45, 7) is 4.49. The highest BCUT2D eigenvalue weighted by Crippen LogP contribution is 2.16. The van der Waals surface area contributed by atoms with Crippen LogP contribution in [0, 0.1) is 35.3 Å². The summed E-state index contributed by atoms with van der Waals surface area (Å²) >= 11 is 0. The highest BCUT2D eigenvalue weighted by Gasteiger charge is 2.08. The van der Waals surface area contributed by atoms with Crippen molar-refractivity contribution in [2.45, 2.75) is 117 Å². The molecule has 0 N–H and O–H groups in total. The van der Waals surface area contributed by atoms with Crippen LogP contribution in [0.1, 0.15) is 137 Å². The Morgan fingerprint density at radius 2 is 0.786 bits per heavy atom. The molecule has 3 aromatic rings. The van der Waals surface area contributed by atoms with Crippen LogP contribution in [0.2, 0.25) is 0 Å². The zero-order valence-electron chi connectivity index (χ0n) is 25.8. The van der Waals surface area contributed by atoms with E-state index >= 15 is 0 Å². The number of halogens is 2. The first-order chi connectivity index (χ1) is 20.6. The quantitative estimate of drug-likeness (QED) is 0.119. The molecule has 42 heavy (non-hydrogen) atoms. The molecule has 0 radical (unpaired) electrons. The third-order valence-electron chi connectivity index (χ3n) is 7.77. The number of hydrogen-bond donors (Lipinski definition) is 0. The lowest BCUT2D eigenvalue weighted by atomic mass is 10.0. The number of hydrogen-bond acceptors (Lipinski definition) is 0. The lowest BCUT2D eigenvalue weighted by Gasteiger charge is -2.03. The van der Waals surface area contributed by atoms with Gasteiger partial charge in [0.05, 0.1) is 5.56 Å². The molecule has 0 saturated carbocycles. The van der Waals surface area contributed by atoms with E-state index < -0.39 is 11.6 Å². The Bertz CT molecular complexity index is 1290. The molecule has 222 valence electrons. The van der Waals surface area contributed by atoms with Crippen LogP contribution in [0.3, 0.4) is 0 Å². The van der Waals surface area contributed by atoms with Gasteiger partial charge in [0.15, 0.2) is 0 Å². The normalized spacial score (nSPS) is 10.6. The van der Waals surface area contributed by atoms with Crippen molar-refractivity contribution < 1.29 is 8.78 Å². The largest absolute Gasteiger partial charge is 0.205 e. The molecular weight excluding hydrogens is 518 g/mol. The Kier molecular flexibility index (Phi) is 15.6. The molecule has 0 bridgehead atoms. The summed E-state index contributed by atoms with van der Waals surface area (Å²) in [6.07, 6.45) is 20.3. The van der Waals surface area contributed by atoms with Crippen LogP contribution >= 0.6 is 0 Å². The Balaban J connectivity index is 1.48. The number of unbranched alkanes of at least 4 members (excludes halogenated alkanes) is 12. The number of rotatable bonds is 16. The van der Waals surface area contributed by atoms with Crippen LogP contribution < -0.4 is 0 Å². The van der Waals surface area contributed by atoms with Gasteiger partial charge in [-0.2, -0.15) is 0 Å². The van der Waals surface area contributed by atoms with Gasteiger partial charge in [0.1, 0.15) is 11.6 Å². The predicted octanol–water partition coefficient (Wildman–Crippen LogP) is 11.4. The Morgan fingerprint density at radius 3 is 1.21 bits per heavy atom. The summed E-state index contributed by atoms with van der Waals surface area (Å²) < 4.78 is 29.5. The minimum Gasteiger partial charge on any atom is -0.205 e. The van der Waals surface area contributed by atoms with Gasteiger partial charge in [0.25, 0.3) is 0 Å². The second kappa shape index (κ2) is 19.7. The summed E-state index contributed by atoms with van der Waals surface area (Å²) in [4.78, 5) is 0. The van der Waals surface area contributed by atoms with E-state index in [1.807, 2.05) is 24.3 Å². The topological polar surface area (TPSA) is 0 Å². The summed E-state index contributed by atoms with van der Waals surface area (Å²) in [6, 6.07) is 18.7. The van der Waals surface area contributed by atoms with Crippen LogP contribution in [0.25, 0.3) is 0 Å². The van der Waals surface area contributed by atoms with E-state index in [4.69, 9.17) is 0 Å². The molecule has 0 heterocycles. The molecule has 0 saturated heterocycles. The molecule has 3 aromatic carbocycles. The lowest BCUT2D eigenvalue weighted by molar-refractivity contribution is 0.575. The fraction of sp³-hybridized carbons (Fsp3) is 0.450. The van der Waals surface area contributed by atoms with E-state index in [0.717, 1.165) is 24.0 Å². The zero-order chi connectivity index (χ0) is 29.8. The minimum absolute atomic E-state index is 0.220. The van der Waals surface area contributed by atoms with E-state index in [0.29, 0.717) is 5.56 Å². The van der Waals surface area contributed by atoms with Crippen LogP contribution in [-0.4, -0.2) is 0 Å². The van der Waals surface area contributed by atoms with E-state index in [9.17, 15) is 8.78 Å². The smallest absolute Gasteiger partial charge is 0.143 e. The van der Waals surface area contributed by atoms with Crippen molar-refractivity contribution in [3.8, 4) is 23.7 Å². The van der Waals surface area contributed by atoms with Crippen molar-refractivity contribution in [2.75, 3.05) is 0 Å². The average Bonchev–Trinajstić information content (AvgIpc) is 3.00. The van der Waals surface area contributed by atoms with Crippen molar-refractivity contribution >= 4 is 0 Å². The van der Waals surface area contributed by atoms with E-state index in [1.54, 1.807) is 0 Å². The van der Waals surface area contributed by atoms with Gasteiger partial charge in [-0.15, -0.1) is 0 Å². The third-order valence-corrected chi connectivity index (χ3v) is 7.77. The molecule has 0 amide bonds. The summed E-state index contributed by atoms with van der Waals surface area (Å²) in [5, 5.41) is 0. The summed E-state index contributed by atoms with van der Waals surface area (Å²) in [5.74, 6) is 10.2. The molecule has 0 spiro atoms. The number of aryl methyl sites for hydroxylation is 2. The van der Waals surface area contributed by atoms with Crippen molar-refractivity contribution in [3.05, 3.63) is 106 Å². The first-order valence-corrected chi connectivity index (χ1v) is 16.3. The van der Waals surface area contributed by atoms with Crippen LogP contribution in [0.5, 0.6) is 0 Å². The fourth-order valence-corrected chi connectivity index (χ4v) is 5.13. The highest BCUT2D eigenvalue weighted by molar-refractivity contribution is 5.49. The van der Waals surface area contributed by atoms with E-state index in [2.05, 4.69) is 61.8 Å². The Labute approximate surface area is 254 Å². The standard InChI is InChI=1S/C40H48F2/c1-3-5-7-9-11-12-14-16-18-34-21-25-36(26-22-34)29-30-38-39(41)31-37(32-40(38)42)28-27-35-23-19-33(20-24-35)17-15-13-10-8-6-4-2/h19-26,31-32H,3-18H2,1-2H3. The van der Waals surface area contributed by atoms with Crippen LogP contribution in [0.15, 0.2) is 60.7 Å². The summed E-state index contributed by atoms with van der Waals surface area (Å²) in [7, 11) is 0. The SMILES string of the molecule is CCCCCCCCCCc1ccc(C#Cc2c(F)cc(C#Cc3ccc(CCCCCCCC)cc3)cc2F)cc1. The van der Waals surface area contributed by atoms with Crippen molar-refractivity contribution in [1.82, 2.24) is 0 Å². The molecule has 0 atom stereocenters. The van der Waals surface area contributed by atoms with Crippen molar-refractivity contribution in [2.24, 2.45) is 0 Å². The van der Waals surface area contributed by atoms with Gasteiger partial charge in [-0.3, -0.25) is 0 Å². The first kappa shape index (κ1) is 33.1. The second-order valence-corrected chi connectivity index (χ2v) is 11.5.